The van der Waals surface area contributed by atoms with Gasteiger partial charge in [-0.25, -0.2) is 0 Å². The van der Waals surface area contributed by atoms with Crippen LogP contribution in [0.3, 0.4) is 0 Å². The van der Waals surface area contributed by atoms with Gasteiger partial charge in [-0.3, -0.25) is 14.5 Å². The normalized spacial score (nSPS) is 18.8. The molecule has 188 valence electrons. The third kappa shape index (κ3) is 5.22. The molecule has 2 atom stereocenters. The molecule has 2 heterocycles. The molecule has 7 heteroatoms. The van der Waals surface area contributed by atoms with Crippen molar-refractivity contribution >= 4 is 39.2 Å². The van der Waals surface area contributed by atoms with Crippen molar-refractivity contribution in [2.24, 2.45) is 0 Å². The number of nitrogens with zero attached hydrogens (tertiary/aromatic N) is 3. The standard InChI is InChI=1S/C29H33ClN4OS/c1-3-36(28-7-5-4-6-26(28)30)32-27-11-9-21-20-22(8-10-25(21)27)29(35)33(2)23-14-18-34(19-15-23)24-12-16-31-17-13-24/h3-8,10,12-13,16-17,20,23,27,32H,9,11,14-15,18-19H2,1-2H3/t27-,36?/m1/s1. The fraction of sp³-hybridized carbons (Fsp3) is 0.345. The molecule has 5 nitrogen and oxygen atoms in total. The van der Waals surface area contributed by atoms with E-state index in [2.05, 4.69) is 57.2 Å². The van der Waals surface area contributed by atoms with Gasteiger partial charge in [-0.15, -0.1) is 0 Å². The molecule has 0 radical (unpaired) electrons. The first-order valence-corrected chi connectivity index (χ1v) is 14.3. The van der Waals surface area contributed by atoms with Gasteiger partial charge in [0.15, 0.2) is 0 Å². The van der Waals surface area contributed by atoms with Gasteiger partial charge < -0.3 is 9.80 Å². The van der Waals surface area contributed by atoms with E-state index in [4.69, 9.17) is 11.6 Å². The monoisotopic (exact) mass is 520 g/mol. The molecule has 1 aliphatic heterocycles. The zero-order valence-corrected chi connectivity index (χ0v) is 22.4. The van der Waals surface area contributed by atoms with E-state index in [1.807, 2.05) is 48.6 Å². The van der Waals surface area contributed by atoms with Gasteiger partial charge >= 0.3 is 0 Å². The van der Waals surface area contributed by atoms with Gasteiger partial charge in [0.05, 0.1) is 5.02 Å². The van der Waals surface area contributed by atoms with Crippen LogP contribution >= 0.6 is 22.3 Å². The molecule has 5 rings (SSSR count). The van der Waals surface area contributed by atoms with E-state index in [-0.39, 0.29) is 28.7 Å². The molecule has 1 aliphatic carbocycles. The maximum absolute atomic E-state index is 13.4. The summed E-state index contributed by atoms with van der Waals surface area (Å²) in [5, 5.41) is 2.98. The molecule has 2 aliphatic rings. The lowest BCUT2D eigenvalue weighted by Gasteiger charge is -2.37. The lowest BCUT2D eigenvalue weighted by Crippen LogP contribution is -2.45. The molecule has 1 unspecified atom stereocenters. The number of aryl methyl sites for hydroxylation is 1. The Kier molecular flexibility index (Phi) is 7.75. The Labute approximate surface area is 221 Å². The smallest absolute Gasteiger partial charge is 0.253 e. The lowest BCUT2D eigenvalue weighted by molar-refractivity contribution is 0.0709. The van der Waals surface area contributed by atoms with E-state index in [0.717, 1.165) is 54.3 Å². The number of aromatic nitrogens is 1. The lowest BCUT2D eigenvalue weighted by atomic mass is 10.0. The third-order valence-corrected chi connectivity index (χ3v) is 9.69. The number of fused-ring (bicyclic) bond motifs is 1. The summed E-state index contributed by atoms with van der Waals surface area (Å²) >= 11 is 6.47. The van der Waals surface area contributed by atoms with Crippen LogP contribution in [0.2, 0.25) is 5.02 Å². The van der Waals surface area contributed by atoms with Crippen LogP contribution in [0.4, 0.5) is 5.69 Å². The second kappa shape index (κ2) is 11.2. The van der Waals surface area contributed by atoms with Gasteiger partial charge in [0.2, 0.25) is 0 Å². The Morgan fingerprint density at radius 2 is 1.86 bits per heavy atom. The number of pyridine rings is 1. The molecule has 0 spiro atoms. The van der Waals surface area contributed by atoms with Crippen molar-refractivity contribution in [1.82, 2.24) is 14.6 Å². The van der Waals surface area contributed by atoms with Crippen molar-refractivity contribution in [3.05, 3.63) is 88.7 Å². The minimum absolute atomic E-state index is 0.120. The van der Waals surface area contributed by atoms with Crippen molar-refractivity contribution in [3.8, 4) is 0 Å². The predicted octanol–water partition coefficient (Wildman–Crippen LogP) is 6.12. The first kappa shape index (κ1) is 25.0. The van der Waals surface area contributed by atoms with E-state index < -0.39 is 0 Å². The van der Waals surface area contributed by atoms with Crippen LogP contribution in [0.5, 0.6) is 0 Å². The number of halogens is 1. The molecule has 1 aromatic heterocycles. The number of anilines is 1. The van der Waals surface area contributed by atoms with Crippen molar-refractivity contribution in [2.45, 2.75) is 49.6 Å². The highest BCUT2D eigenvalue weighted by Crippen LogP contribution is 2.38. The summed E-state index contributed by atoms with van der Waals surface area (Å²) in [5.41, 5.74) is 4.57. The molecular weight excluding hydrogens is 488 g/mol. The highest BCUT2D eigenvalue weighted by Gasteiger charge is 2.28. The van der Waals surface area contributed by atoms with Gasteiger partial charge in [-0.1, -0.05) is 40.5 Å². The number of hydrogen-bond donors (Lipinski definition) is 1. The third-order valence-electron chi connectivity index (χ3n) is 7.41. The molecule has 36 heavy (non-hydrogen) atoms. The molecule has 1 amide bonds. The van der Waals surface area contributed by atoms with Crippen LogP contribution in [0.25, 0.3) is 0 Å². The Bertz CT molecular complexity index is 1260. The van der Waals surface area contributed by atoms with Gasteiger partial charge in [0.1, 0.15) is 0 Å². The number of amides is 1. The zero-order chi connectivity index (χ0) is 25.1. The Hall–Kier alpha value is -2.67. The number of nitrogens with one attached hydrogen (secondary N) is 1. The molecule has 1 fully saturated rings. The van der Waals surface area contributed by atoms with Crippen LogP contribution in [0.1, 0.15) is 53.7 Å². The Morgan fingerprint density at radius 1 is 1.11 bits per heavy atom. The number of carbonyl (C=O) groups is 1. The number of carbonyl (C=O) groups excluding carboxylic acids is 1. The van der Waals surface area contributed by atoms with E-state index in [1.165, 1.54) is 16.8 Å². The summed E-state index contributed by atoms with van der Waals surface area (Å²) in [6, 6.07) is 18.9. The first-order chi connectivity index (χ1) is 17.5. The van der Waals surface area contributed by atoms with Crippen LogP contribution in [-0.2, 0) is 6.42 Å². The summed E-state index contributed by atoms with van der Waals surface area (Å²) in [6.45, 7) is 3.98. The molecular formula is C29H33ClN4OS. The van der Waals surface area contributed by atoms with Gasteiger partial charge in [-0.05, 0) is 85.5 Å². The van der Waals surface area contributed by atoms with Crippen molar-refractivity contribution < 1.29 is 4.79 Å². The largest absolute Gasteiger partial charge is 0.371 e. The molecule has 2 aromatic carbocycles. The average molecular weight is 521 g/mol. The maximum Gasteiger partial charge on any atom is 0.253 e. The molecule has 1 N–H and O–H groups in total. The summed E-state index contributed by atoms with van der Waals surface area (Å²) in [4.78, 5) is 23.0. The van der Waals surface area contributed by atoms with Gasteiger partial charge in [0, 0.05) is 60.8 Å². The molecule has 1 saturated heterocycles. The van der Waals surface area contributed by atoms with E-state index in [9.17, 15) is 4.79 Å². The second-order valence-electron chi connectivity index (χ2n) is 9.47. The highest BCUT2D eigenvalue weighted by atomic mass is 35.5. The Morgan fingerprint density at radius 3 is 2.58 bits per heavy atom. The van der Waals surface area contributed by atoms with Crippen molar-refractivity contribution in [2.75, 3.05) is 25.0 Å². The summed E-state index contributed by atoms with van der Waals surface area (Å²) < 4.78 is 3.80. The van der Waals surface area contributed by atoms with Crippen LogP contribution in [0.15, 0.2) is 71.9 Å². The summed E-state index contributed by atoms with van der Waals surface area (Å²) in [6.07, 6.45) is 7.62. The number of hydrogen-bond acceptors (Lipinski definition) is 4. The molecule has 0 saturated carbocycles. The predicted molar refractivity (Wildman–Crippen MR) is 151 cm³/mol. The fourth-order valence-corrected chi connectivity index (χ4v) is 7.30. The fourth-order valence-electron chi connectivity index (χ4n) is 5.34. The van der Waals surface area contributed by atoms with Crippen LogP contribution in [0, 0.1) is 0 Å². The van der Waals surface area contributed by atoms with Crippen molar-refractivity contribution in [1.29, 1.82) is 0 Å². The van der Waals surface area contributed by atoms with E-state index in [0.29, 0.717) is 0 Å². The van der Waals surface area contributed by atoms with Gasteiger partial charge in [0.25, 0.3) is 5.91 Å². The van der Waals surface area contributed by atoms with Crippen molar-refractivity contribution in [3.63, 3.8) is 0 Å². The second-order valence-corrected chi connectivity index (χ2v) is 11.7. The van der Waals surface area contributed by atoms with E-state index >= 15 is 0 Å². The number of rotatable bonds is 6. The number of benzene rings is 2. The summed E-state index contributed by atoms with van der Waals surface area (Å²) in [5.74, 6) is 0.120. The topological polar surface area (TPSA) is 48.5 Å². The van der Waals surface area contributed by atoms with E-state index in [1.54, 1.807) is 0 Å². The minimum Gasteiger partial charge on any atom is -0.371 e. The zero-order valence-electron chi connectivity index (χ0n) is 20.9. The highest BCUT2D eigenvalue weighted by molar-refractivity contribution is 8.13. The molecule has 3 aromatic rings. The van der Waals surface area contributed by atoms with Crippen LogP contribution < -0.4 is 9.62 Å². The summed E-state index contributed by atoms with van der Waals surface area (Å²) in [7, 11) is 1.72. The average Bonchev–Trinajstić information content (AvgIpc) is 3.34. The SMILES string of the molecule is C/C=S(\N[C@@H]1CCc2cc(C(=O)N(C)C3CCN(c4ccncc4)CC3)ccc21)c1ccccc1Cl. The molecule has 0 bridgehead atoms. The van der Waals surface area contributed by atoms with Gasteiger partial charge in [-0.2, -0.15) is 0 Å². The quantitative estimate of drug-likeness (QED) is 0.398. The minimum atomic E-state index is -0.235. The Balaban J connectivity index is 1.24. The maximum atomic E-state index is 13.4. The number of piperidine rings is 1. The first-order valence-electron chi connectivity index (χ1n) is 12.6. The van der Waals surface area contributed by atoms with Crippen LogP contribution in [-0.4, -0.2) is 47.3 Å².